The highest BCUT2D eigenvalue weighted by Gasteiger charge is 2.34. The van der Waals surface area contributed by atoms with Crippen LogP contribution < -0.4 is 9.62 Å². The zero-order valence-electron chi connectivity index (χ0n) is 20.5. The third-order valence-corrected chi connectivity index (χ3v) is 8.25. The number of hydrogen-bond acceptors (Lipinski definition) is 7. The molecule has 7 nitrogen and oxygen atoms in total. The molecule has 0 bridgehead atoms. The van der Waals surface area contributed by atoms with E-state index in [-0.39, 0.29) is 10.1 Å². The smallest absolute Gasteiger partial charge is 0.266 e. The summed E-state index contributed by atoms with van der Waals surface area (Å²) < 4.78 is 26.9. The van der Waals surface area contributed by atoms with Gasteiger partial charge in [-0.05, 0) is 35.8 Å². The zero-order valence-corrected chi connectivity index (χ0v) is 22.9. The number of anilines is 1. The molecule has 3 rings (SSSR count). The van der Waals surface area contributed by atoms with Gasteiger partial charge in [0.15, 0.2) is 0 Å². The average molecular weight is 546 g/mol. The number of nitrogens with zero attached hydrogens (tertiary/aromatic N) is 2. The minimum atomic E-state index is -3.90. The van der Waals surface area contributed by atoms with Gasteiger partial charge in [0.25, 0.3) is 11.8 Å². The van der Waals surface area contributed by atoms with Gasteiger partial charge in [0.1, 0.15) is 10.9 Å². The van der Waals surface area contributed by atoms with E-state index in [1.54, 1.807) is 36.4 Å². The number of rotatable bonds is 12. The molecule has 1 aliphatic rings. The van der Waals surface area contributed by atoms with Gasteiger partial charge in [0, 0.05) is 19.3 Å². The summed E-state index contributed by atoms with van der Waals surface area (Å²) in [7, 11) is -1.83. The molecule has 192 valence electrons. The third-order valence-electron chi connectivity index (χ3n) is 5.62. The fourth-order valence-corrected chi connectivity index (χ4v) is 6.07. The summed E-state index contributed by atoms with van der Waals surface area (Å²) in [6.07, 6.45) is 6.56. The molecule has 0 radical (unpaired) electrons. The second-order valence-electron chi connectivity index (χ2n) is 8.61. The Morgan fingerprint density at radius 3 is 2.44 bits per heavy atom. The molecule has 2 aromatic carbocycles. The third kappa shape index (κ3) is 8.18. The van der Waals surface area contributed by atoms with Crippen LogP contribution in [0.15, 0.2) is 59.5 Å². The highest BCUT2D eigenvalue weighted by Crippen LogP contribution is 2.32. The normalized spacial score (nSPS) is 14.9. The fourth-order valence-electron chi connectivity index (χ4n) is 3.70. The second-order valence-corrected chi connectivity index (χ2v) is 12.0. The van der Waals surface area contributed by atoms with Gasteiger partial charge < -0.3 is 4.90 Å². The lowest BCUT2D eigenvalue weighted by Crippen LogP contribution is -2.42. The summed E-state index contributed by atoms with van der Waals surface area (Å²) >= 11 is 6.38. The van der Waals surface area contributed by atoms with Crippen LogP contribution in [0.25, 0.3) is 6.08 Å². The Kier molecular flexibility index (Phi) is 10.1. The second kappa shape index (κ2) is 13.0. The topological polar surface area (TPSA) is 86.8 Å². The molecule has 1 heterocycles. The monoisotopic (exact) mass is 545 g/mol. The lowest BCUT2D eigenvalue weighted by Gasteiger charge is -2.19. The molecular formula is C26H31N3O4S3. The Morgan fingerprint density at radius 2 is 1.78 bits per heavy atom. The summed E-state index contributed by atoms with van der Waals surface area (Å²) in [4.78, 5) is 29.0. The van der Waals surface area contributed by atoms with Crippen molar-refractivity contribution in [1.82, 2.24) is 9.62 Å². The number of thioether (sulfide) groups is 1. The van der Waals surface area contributed by atoms with Crippen molar-refractivity contribution in [2.45, 2.75) is 38.4 Å². The van der Waals surface area contributed by atoms with Crippen LogP contribution in [0.5, 0.6) is 0 Å². The van der Waals surface area contributed by atoms with E-state index >= 15 is 0 Å². The number of benzene rings is 2. The van der Waals surface area contributed by atoms with Crippen molar-refractivity contribution in [3.63, 3.8) is 0 Å². The summed E-state index contributed by atoms with van der Waals surface area (Å²) in [6.45, 7) is 2.72. The van der Waals surface area contributed by atoms with Crippen LogP contribution in [0.4, 0.5) is 5.69 Å². The van der Waals surface area contributed by atoms with Crippen LogP contribution in [0.2, 0.25) is 0 Å². The maximum absolute atomic E-state index is 12.9. The minimum Gasteiger partial charge on any atom is -0.375 e. The van der Waals surface area contributed by atoms with Crippen LogP contribution in [0, 0.1) is 0 Å². The standard InChI is InChI=1S/C26H31N3O4S3/c1-3-4-5-9-16-28(2)22-14-12-20(13-15-22)17-23-25(31)29(26(34)35-23)18-24(30)27-36(32,33)19-21-10-7-6-8-11-21/h6-8,10-15,17H,3-5,9,16,18-19H2,1-2H3,(H,27,30)/b23-17-. The molecule has 36 heavy (non-hydrogen) atoms. The average Bonchev–Trinajstić information content (AvgIpc) is 3.09. The molecule has 1 N–H and O–H groups in total. The number of hydrogen-bond donors (Lipinski definition) is 1. The van der Waals surface area contributed by atoms with Crippen LogP contribution in [-0.2, 0) is 25.4 Å². The lowest BCUT2D eigenvalue weighted by molar-refractivity contribution is -0.127. The number of amides is 2. The van der Waals surface area contributed by atoms with Crippen molar-refractivity contribution in [3.05, 3.63) is 70.6 Å². The van der Waals surface area contributed by atoms with E-state index in [9.17, 15) is 18.0 Å². The van der Waals surface area contributed by atoms with E-state index in [1.165, 1.54) is 19.3 Å². The quantitative estimate of drug-likeness (QED) is 0.238. The Hall–Kier alpha value is -2.69. The predicted octanol–water partition coefficient (Wildman–Crippen LogP) is 4.55. The first kappa shape index (κ1) is 27.9. The molecule has 0 atom stereocenters. The Bertz CT molecular complexity index is 1210. The van der Waals surface area contributed by atoms with Crippen molar-refractivity contribution < 1.29 is 18.0 Å². The number of thiocarbonyl (C=S) groups is 1. The first-order valence-electron chi connectivity index (χ1n) is 11.8. The predicted molar refractivity (Wildman–Crippen MR) is 151 cm³/mol. The van der Waals surface area contributed by atoms with E-state index in [0.717, 1.165) is 40.9 Å². The first-order valence-corrected chi connectivity index (χ1v) is 14.7. The molecule has 1 fully saturated rings. The van der Waals surface area contributed by atoms with Crippen LogP contribution in [0.3, 0.4) is 0 Å². The van der Waals surface area contributed by atoms with Crippen LogP contribution in [-0.4, -0.2) is 49.6 Å². The molecule has 1 aliphatic heterocycles. The van der Waals surface area contributed by atoms with Gasteiger partial charge in [-0.15, -0.1) is 0 Å². The molecule has 0 aliphatic carbocycles. The highest BCUT2D eigenvalue weighted by atomic mass is 32.2. The van der Waals surface area contributed by atoms with Crippen molar-refractivity contribution in [1.29, 1.82) is 0 Å². The van der Waals surface area contributed by atoms with E-state index < -0.39 is 28.4 Å². The van der Waals surface area contributed by atoms with E-state index in [4.69, 9.17) is 12.2 Å². The largest absolute Gasteiger partial charge is 0.375 e. The number of carbonyl (C=O) groups is 2. The minimum absolute atomic E-state index is 0.213. The Labute approximate surface area is 223 Å². The number of unbranched alkanes of at least 4 members (excludes halogenated alkanes) is 3. The van der Waals surface area contributed by atoms with E-state index in [1.807, 2.05) is 29.0 Å². The number of sulfonamides is 1. The van der Waals surface area contributed by atoms with Crippen LogP contribution in [0.1, 0.15) is 43.7 Å². The van der Waals surface area contributed by atoms with Crippen molar-refractivity contribution in [2.24, 2.45) is 0 Å². The van der Waals surface area contributed by atoms with Crippen LogP contribution >= 0.6 is 24.0 Å². The number of nitrogens with one attached hydrogen (secondary N) is 1. The summed E-state index contributed by atoms with van der Waals surface area (Å²) in [5.41, 5.74) is 2.50. The zero-order chi connectivity index (χ0) is 26.1. The SMILES string of the molecule is CCCCCCN(C)c1ccc(/C=C2\SC(=S)N(CC(=O)NS(=O)(=O)Cc3ccccc3)C2=O)cc1. The molecule has 10 heteroatoms. The van der Waals surface area contributed by atoms with Gasteiger partial charge in [0.2, 0.25) is 10.0 Å². The van der Waals surface area contributed by atoms with Gasteiger partial charge in [-0.25, -0.2) is 8.42 Å². The van der Waals surface area contributed by atoms with Crippen molar-refractivity contribution >= 4 is 61.9 Å². The fraction of sp³-hybridized carbons (Fsp3) is 0.346. The molecule has 2 amide bonds. The van der Waals surface area contributed by atoms with Gasteiger partial charge in [0.05, 0.1) is 10.7 Å². The van der Waals surface area contributed by atoms with E-state index in [0.29, 0.717) is 10.5 Å². The van der Waals surface area contributed by atoms with Crippen molar-refractivity contribution in [3.8, 4) is 0 Å². The highest BCUT2D eigenvalue weighted by molar-refractivity contribution is 8.26. The van der Waals surface area contributed by atoms with E-state index in [2.05, 4.69) is 18.9 Å². The van der Waals surface area contributed by atoms with Gasteiger partial charge in [-0.3, -0.25) is 19.2 Å². The summed E-state index contributed by atoms with van der Waals surface area (Å²) in [6, 6.07) is 16.4. The molecule has 0 aromatic heterocycles. The Balaban J connectivity index is 1.57. The van der Waals surface area contributed by atoms with Gasteiger partial charge >= 0.3 is 0 Å². The summed E-state index contributed by atoms with van der Waals surface area (Å²) in [5, 5.41) is 0. The summed E-state index contributed by atoms with van der Waals surface area (Å²) in [5.74, 6) is -1.56. The molecular weight excluding hydrogens is 515 g/mol. The van der Waals surface area contributed by atoms with Crippen molar-refractivity contribution in [2.75, 3.05) is 25.0 Å². The lowest BCUT2D eigenvalue weighted by atomic mass is 10.1. The molecule has 0 saturated carbocycles. The van der Waals surface area contributed by atoms with Gasteiger partial charge in [-0.1, -0.05) is 92.6 Å². The number of carbonyl (C=O) groups excluding carboxylic acids is 2. The molecule has 0 unspecified atom stereocenters. The van der Waals surface area contributed by atoms with Gasteiger partial charge in [-0.2, -0.15) is 0 Å². The first-order chi connectivity index (χ1) is 17.2. The maximum Gasteiger partial charge on any atom is 0.266 e. The molecule has 2 aromatic rings. The Morgan fingerprint density at radius 1 is 1.08 bits per heavy atom. The maximum atomic E-state index is 12.9. The molecule has 1 saturated heterocycles. The molecule has 0 spiro atoms.